The fourth-order valence-corrected chi connectivity index (χ4v) is 2.07. The molecule has 1 heterocycles. The molecule has 94 valence electrons. The van der Waals surface area contributed by atoms with Crippen molar-refractivity contribution in [2.24, 2.45) is 0 Å². The van der Waals surface area contributed by atoms with E-state index in [-0.39, 0.29) is 5.63 Å². The van der Waals surface area contributed by atoms with Crippen LogP contribution in [0.5, 0.6) is 0 Å². The Morgan fingerprint density at radius 1 is 1.39 bits per heavy atom. The average molecular weight is 243 g/mol. The van der Waals surface area contributed by atoms with Gasteiger partial charge in [0.25, 0.3) is 0 Å². The van der Waals surface area contributed by atoms with Crippen molar-refractivity contribution < 1.29 is 4.42 Å². The molecule has 0 spiro atoms. The van der Waals surface area contributed by atoms with Gasteiger partial charge in [-0.15, -0.1) is 0 Å². The molecule has 1 aromatic carbocycles. The zero-order valence-corrected chi connectivity index (χ0v) is 10.9. The van der Waals surface area contributed by atoms with Gasteiger partial charge < -0.3 is 10.2 Å². The predicted octanol–water partition coefficient (Wildman–Crippen LogP) is 3.19. The lowest BCUT2D eigenvalue weighted by molar-refractivity contribution is 0.559. The summed E-state index contributed by atoms with van der Waals surface area (Å²) in [6, 6.07) is 5.05. The maximum atomic E-state index is 11.4. The third-order valence-corrected chi connectivity index (χ3v) is 2.96. The quantitative estimate of drug-likeness (QED) is 0.500. The Morgan fingerprint density at radius 2 is 2.11 bits per heavy atom. The van der Waals surface area contributed by atoms with Crippen molar-refractivity contribution in [3.63, 3.8) is 0 Å². The number of fused-ring (bicyclic) bond motifs is 1. The third-order valence-electron chi connectivity index (χ3n) is 2.96. The highest BCUT2D eigenvalue weighted by atomic mass is 16.4. The highest BCUT2D eigenvalue weighted by Crippen LogP contribution is 2.27. The first-order valence-corrected chi connectivity index (χ1v) is 5.94. The topological polar surface area (TPSA) is 56.2 Å². The number of nitrogen functional groups attached to an aromatic ring is 1. The standard InChI is InChI=1S/C15H17NO2/c1-9(2)4-5-11-12(16)6-7-13-15(11)10(3)8-14(17)18-13/h4,6-8H,5,16H2,1-3H3. The Kier molecular flexibility index (Phi) is 3.24. The molecule has 0 amide bonds. The molecule has 0 aliphatic heterocycles. The van der Waals surface area contributed by atoms with Crippen LogP contribution in [-0.4, -0.2) is 0 Å². The lowest BCUT2D eigenvalue weighted by atomic mass is 9.99. The number of anilines is 1. The number of hydrogen-bond acceptors (Lipinski definition) is 3. The fraction of sp³-hybridized carbons (Fsp3) is 0.267. The van der Waals surface area contributed by atoms with Gasteiger partial charge in [-0.2, -0.15) is 0 Å². The summed E-state index contributed by atoms with van der Waals surface area (Å²) in [5.41, 5.74) is 10.2. The summed E-state index contributed by atoms with van der Waals surface area (Å²) in [6.07, 6.45) is 2.87. The minimum absolute atomic E-state index is 0.321. The Labute approximate surface area is 106 Å². The van der Waals surface area contributed by atoms with E-state index in [1.54, 1.807) is 12.1 Å². The van der Waals surface area contributed by atoms with E-state index >= 15 is 0 Å². The Hall–Kier alpha value is -2.03. The van der Waals surface area contributed by atoms with Gasteiger partial charge >= 0.3 is 5.63 Å². The first-order valence-electron chi connectivity index (χ1n) is 5.94. The summed E-state index contributed by atoms with van der Waals surface area (Å²) in [5, 5.41) is 0.951. The van der Waals surface area contributed by atoms with Crippen LogP contribution in [0.3, 0.4) is 0 Å². The highest BCUT2D eigenvalue weighted by Gasteiger charge is 2.09. The molecule has 0 atom stereocenters. The molecule has 3 heteroatoms. The number of rotatable bonds is 2. The molecule has 0 aliphatic carbocycles. The largest absolute Gasteiger partial charge is 0.423 e. The van der Waals surface area contributed by atoms with Gasteiger partial charge in [0.05, 0.1) is 0 Å². The highest BCUT2D eigenvalue weighted by molar-refractivity contribution is 5.88. The van der Waals surface area contributed by atoms with Crippen LogP contribution in [0.25, 0.3) is 11.0 Å². The van der Waals surface area contributed by atoms with Crippen LogP contribution in [0.2, 0.25) is 0 Å². The molecule has 0 saturated carbocycles. The van der Waals surface area contributed by atoms with Gasteiger partial charge in [-0.3, -0.25) is 0 Å². The van der Waals surface area contributed by atoms with E-state index in [4.69, 9.17) is 10.2 Å². The zero-order chi connectivity index (χ0) is 13.3. The minimum atomic E-state index is -0.321. The number of nitrogens with two attached hydrogens (primary N) is 1. The Bertz CT molecular complexity index is 677. The van der Waals surface area contributed by atoms with Gasteiger partial charge in [0.2, 0.25) is 0 Å². The number of aryl methyl sites for hydroxylation is 1. The van der Waals surface area contributed by atoms with Gasteiger partial charge in [0, 0.05) is 17.1 Å². The van der Waals surface area contributed by atoms with Crippen LogP contribution < -0.4 is 11.4 Å². The van der Waals surface area contributed by atoms with Crippen molar-refractivity contribution in [3.8, 4) is 0 Å². The van der Waals surface area contributed by atoms with E-state index in [0.717, 1.165) is 28.6 Å². The second-order valence-corrected chi connectivity index (χ2v) is 4.74. The van der Waals surface area contributed by atoms with Crippen molar-refractivity contribution in [2.75, 3.05) is 5.73 Å². The molecule has 18 heavy (non-hydrogen) atoms. The van der Waals surface area contributed by atoms with Gasteiger partial charge in [0.15, 0.2) is 0 Å². The molecule has 2 aromatic rings. The van der Waals surface area contributed by atoms with Crippen LogP contribution in [0.1, 0.15) is 25.0 Å². The maximum Gasteiger partial charge on any atom is 0.336 e. The molecule has 0 aliphatic rings. The second kappa shape index (κ2) is 4.69. The zero-order valence-electron chi connectivity index (χ0n) is 10.9. The van der Waals surface area contributed by atoms with Crippen LogP contribution in [0.15, 0.2) is 39.1 Å². The Morgan fingerprint density at radius 3 is 2.78 bits per heavy atom. The molecule has 0 saturated heterocycles. The Balaban J connectivity index is 2.74. The summed E-state index contributed by atoms with van der Waals surface area (Å²) in [7, 11) is 0. The van der Waals surface area contributed by atoms with Gasteiger partial charge in [-0.25, -0.2) is 4.79 Å². The van der Waals surface area contributed by atoms with Crippen molar-refractivity contribution >= 4 is 16.7 Å². The van der Waals surface area contributed by atoms with Crippen molar-refractivity contribution in [3.05, 3.63) is 51.4 Å². The average Bonchev–Trinajstić information content (AvgIpc) is 2.27. The predicted molar refractivity (Wildman–Crippen MR) is 74.8 cm³/mol. The van der Waals surface area contributed by atoms with E-state index in [2.05, 4.69) is 6.08 Å². The molecule has 0 unspecified atom stereocenters. The third kappa shape index (κ3) is 2.30. The van der Waals surface area contributed by atoms with E-state index in [1.165, 1.54) is 11.6 Å². The smallest absolute Gasteiger partial charge is 0.336 e. The molecule has 0 fully saturated rings. The maximum absolute atomic E-state index is 11.4. The van der Waals surface area contributed by atoms with Crippen LogP contribution in [-0.2, 0) is 6.42 Å². The summed E-state index contributed by atoms with van der Waals surface area (Å²) in [5.74, 6) is 0. The van der Waals surface area contributed by atoms with Crippen LogP contribution >= 0.6 is 0 Å². The molecule has 3 nitrogen and oxygen atoms in total. The lowest BCUT2D eigenvalue weighted by Gasteiger charge is -2.09. The van der Waals surface area contributed by atoms with E-state index in [0.29, 0.717) is 5.58 Å². The van der Waals surface area contributed by atoms with Crippen LogP contribution in [0.4, 0.5) is 5.69 Å². The molecule has 1 aromatic heterocycles. The van der Waals surface area contributed by atoms with E-state index < -0.39 is 0 Å². The van der Waals surface area contributed by atoms with Crippen molar-refractivity contribution in [2.45, 2.75) is 27.2 Å². The molecule has 2 N–H and O–H groups in total. The van der Waals surface area contributed by atoms with Gasteiger partial charge in [-0.1, -0.05) is 11.6 Å². The van der Waals surface area contributed by atoms with Gasteiger partial charge in [-0.05, 0) is 50.5 Å². The molecular weight excluding hydrogens is 226 g/mol. The van der Waals surface area contributed by atoms with Crippen LogP contribution in [0, 0.1) is 6.92 Å². The first kappa shape index (κ1) is 12.4. The van der Waals surface area contributed by atoms with E-state index in [1.807, 2.05) is 20.8 Å². The minimum Gasteiger partial charge on any atom is -0.423 e. The van der Waals surface area contributed by atoms with Crippen molar-refractivity contribution in [1.29, 1.82) is 0 Å². The SMILES string of the molecule is CC(C)=CCc1c(N)ccc2oc(=O)cc(C)c12. The van der Waals surface area contributed by atoms with E-state index in [9.17, 15) is 4.79 Å². The summed E-state index contributed by atoms with van der Waals surface area (Å²) in [4.78, 5) is 11.4. The molecule has 0 radical (unpaired) electrons. The summed E-state index contributed by atoms with van der Waals surface area (Å²) in [6.45, 7) is 6.01. The lowest BCUT2D eigenvalue weighted by Crippen LogP contribution is -2.02. The first-order chi connectivity index (χ1) is 8.49. The summed E-state index contributed by atoms with van der Waals surface area (Å²) >= 11 is 0. The fourth-order valence-electron chi connectivity index (χ4n) is 2.07. The summed E-state index contributed by atoms with van der Waals surface area (Å²) < 4.78 is 5.21. The van der Waals surface area contributed by atoms with Crippen molar-refractivity contribution in [1.82, 2.24) is 0 Å². The van der Waals surface area contributed by atoms with Gasteiger partial charge in [0.1, 0.15) is 5.58 Å². The molecular formula is C15H17NO2. The second-order valence-electron chi connectivity index (χ2n) is 4.74. The number of benzene rings is 1. The monoisotopic (exact) mass is 243 g/mol. The number of hydrogen-bond donors (Lipinski definition) is 1. The molecule has 0 bridgehead atoms. The number of allylic oxidation sites excluding steroid dienone is 2. The normalized spacial score (nSPS) is 10.6. The molecule has 2 rings (SSSR count).